The molecule has 0 radical (unpaired) electrons. The van der Waals surface area contributed by atoms with Crippen LogP contribution >= 0.6 is 24.0 Å². The van der Waals surface area contributed by atoms with E-state index in [1.54, 1.807) is 14.2 Å². The van der Waals surface area contributed by atoms with E-state index in [9.17, 15) is 4.79 Å². The zero-order chi connectivity index (χ0) is 14.8. The first kappa shape index (κ1) is 20.4. The zero-order valence-corrected chi connectivity index (χ0v) is 15.6. The number of aliphatic imine (C=N–C) groups is 1. The van der Waals surface area contributed by atoms with Crippen molar-refractivity contribution in [3.8, 4) is 0 Å². The highest BCUT2D eigenvalue weighted by Crippen LogP contribution is 2.23. The lowest BCUT2D eigenvalue weighted by atomic mass is 9.87. The molecule has 0 aromatic heterocycles. The van der Waals surface area contributed by atoms with Gasteiger partial charge in [0.2, 0.25) is 5.91 Å². The largest absolute Gasteiger partial charge is 0.383 e. The zero-order valence-electron chi connectivity index (χ0n) is 13.3. The first-order chi connectivity index (χ1) is 9.65. The maximum Gasteiger partial charge on any atom is 0.239 e. The maximum absolute atomic E-state index is 11.6. The summed E-state index contributed by atoms with van der Waals surface area (Å²) < 4.78 is 4.88. The summed E-state index contributed by atoms with van der Waals surface area (Å²) in [4.78, 5) is 15.7. The fourth-order valence-corrected chi connectivity index (χ4v) is 2.47. The van der Waals surface area contributed by atoms with E-state index in [0.717, 1.165) is 5.92 Å². The van der Waals surface area contributed by atoms with Gasteiger partial charge in [-0.05, 0) is 18.8 Å². The summed E-state index contributed by atoms with van der Waals surface area (Å²) in [5.41, 5.74) is 0. The highest BCUT2D eigenvalue weighted by Gasteiger charge is 2.19. The summed E-state index contributed by atoms with van der Waals surface area (Å²) in [6, 6.07) is 0.460. The second kappa shape index (κ2) is 12.0. The Morgan fingerprint density at radius 2 is 2.10 bits per heavy atom. The molecule has 124 valence electrons. The quantitative estimate of drug-likeness (QED) is 0.265. The highest BCUT2D eigenvalue weighted by molar-refractivity contribution is 14.0. The van der Waals surface area contributed by atoms with Gasteiger partial charge in [0.25, 0.3) is 0 Å². The van der Waals surface area contributed by atoms with Gasteiger partial charge in [0, 0.05) is 26.7 Å². The maximum atomic E-state index is 11.6. The van der Waals surface area contributed by atoms with Gasteiger partial charge in [-0.15, -0.1) is 24.0 Å². The summed E-state index contributed by atoms with van der Waals surface area (Å²) in [6.07, 6.45) is 4.91. The number of carbonyl (C=O) groups excluding carboxylic acids is 1. The molecule has 21 heavy (non-hydrogen) atoms. The van der Waals surface area contributed by atoms with Gasteiger partial charge in [-0.2, -0.15) is 0 Å². The molecule has 0 aromatic carbocycles. The van der Waals surface area contributed by atoms with Gasteiger partial charge in [0.15, 0.2) is 5.96 Å². The third-order valence-corrected chi connectivity index (χ3v) is 3.55. The van der Waals surface area contributed by atoms with Crippen molar-refractivity contribution in [2.75, 3.05) is 33.9 Å². The van der Waals surface area contributed by atoms with E-state index in [0.29, 0.717) is 25.2 Å². The predicted molar refractivity (Wildman–Crippen MR) is 96.2 cm³/mol. The standard InChI is InChI=1S/C14H28N4O2.HI/c1-11-5-4-6-12(9-11)18-14(15-2)17-10-13(19)16-7-8-20-3;/h11-12H,4-10H2,1-3H3,(H,16,19)(H2,15,17,18);1H. The third-order valence-electron chi connectivity index (χ3n) is 3.55. The number of hydrogen-bond acceptors (Lipinski definition) is 3. The van der Waals surface area contributed by atoms with Crippen molar-refractivity contribution in [3.63, 3.8) is 0 Å². The molecular formula is C14H29IN4O2. The van der Waals surface area contributed by atoms with Gasteiger partial charge in [-0.3, -0.25) is 9.79 Å². The average molecular weight is 412 g/mol. The van der Waals surface area contributed by atoms with Crippen LogP contribution in [0.2, 0.25) is 0 Å². The van der Waals surface area contributed by atoms with Gasteiger partial charge >= 0.3 is 0 Å². The number of nitrogens with zero attached hydrogens (tertiary/aromatic N) is 1. The summed E-state index contributed by atoms with van der Waals surface area (Å²) in [5.74, 6) is 1.41. The Balaban J connectivity index is 0.00000400. The van der Waals surface area contributed by atoms with Crippen LogP contribution in [0.25, 0.3) is 0 Å². The number of ether oxygens (including phenoxy) is 1. The number of methoxy groups -OCH3 is 1. The monoisotopic (exact) mass is 412 g/mol. The molecule has 2 atom stereocenters. The van der Waals surface area contributed by atoms with Crippen molar-refractivity contribution >= 4 is 35.8 Å². The molecule has 0 spiro atoms. The van der Waals surface area contributed by atoms with E-state index in [4.69, 9.17) is 4.74 Å². The van der Waals surface area contributed by atoms with E-state index in [-0.39, 0.29) is 36.4 Å². The van der Waals surface area contributed by atoms with Crippen LogP contribution < -0.4 is 16.0 Å². The SMILES string of the molecule is CN=C(NCC(=O)NCCOC)NC1CCCC(C)C1.I. The second-order valence-corrected chi connectivity index (χ2v) is 5.38. The summed E-state index contributed by atoms with van der Waals surface area (Å²) >= 11 is 0. The molecule has 1 amide bonds. The predicted octanol–water partition coefficient (Wildman–Crippen LogP) is 1.11. The van der Waals surface area contributed by atoms with Crippen LogP contribution in [0, 0.1) is 5.92 Å². The van der Waals surface area contributed by atoms with Crippen molar-refractivity contribution in [2.24, 2.45) is 10.9 Å². The molecule has 1 saturated carbocycles. The molecule has 0 saturated heterocycles. The number of halogens is 1. The minimum absolute atomic E-state index is 0. The third kappa shape index (κ3) is 9.13. The molecule has 0 heterocycles. The molecule has 0 aliphatic heterocycles. The van der Waals surface area contributed by atoms with E-state index < -0.39 is 0 Å². The molecule has 1 aliphatic rings. The summed E-state index contributed by atoms with van der Waals surface area (Å²) in [6.45, 7) is 3.57. The number of hydrogen-bond donors (Lipinski definition) is 3. The number of carbonyl (C=O) groups is 1. The van der Waals surface area contributed by atoms with Crippen LogP contribution in [0.5, 0.6) is 0 Å². The van der Waals surface area contributed by atoms with E-state index in [1.165, 1.54) is 25.7 Å². The molecule has 6 nitrogen and oxygen atoms in total. The Labute approximate surface area is 144 Å². The average Bonchev–Trinajstić information content (AvgIpc) is 2.43. The number of guanidine groups is 1. The molecule has 1 rings (SSSR count). The minimum atomic E-state index is -0.0537. The van der Waals surface area contributed by atoms with E-state index in [1.807, 2.05) is 0 Å². The highest BCUT2D eigenvalue weighted by atomic mass is 127. The Hall–Kier alpha value is -0.570. The topological polar surface area (TPSA) is 74.8 Å². The first-order valence-electron chi connectivity index (χ1n) is 7.38. The Kier molecular flexibility index (Phi) is 11.7. The Bertz CT molecular complexity index is 326. The smallest absolute Gasteiger partial charge is 0.239 e. The van der Waals surface area contributed by atoms with Gasteiger partial charge < -0.3 is 20.7 Å². The lowest BCUT2D eigenvalue weighted by Crippen LogP contribution is -2.48. The molecular weight excluding hydrogens is 383 g/mol. The van der Waals surface area contributed by atoms with E-state index in [2.05, 4.69) is 27.9 Å². The van der Waals surface area contributed by atoms with Crippen molar-refractivity contribution in [2.45, 2.75) is 38.6 Å². The number of rotatable bonds is 6. The van der Waals surface area contributed by atoms with Gasteiger partial charge in [0.05, 0.1) is 13.2 Å². The summed E-state index contributed by atoms with van der Waals surface area (Å²) in [7, 11) is 3.34. The van der Waals surface area contributed by atoms with Crippen molar-refractivity contribution in [1.29, 1.82) is 0 Å². The fraction of sp³-hybridized carbons (Fsp3) is 0.857. The van der Waals surface area contributed by atoms with Crippen molar-refractivity contribution in [1.82, 2.24) is 16.0 Å². The summed E-state index contributed by atoms with van der Waals surface area (Å²) in [5, 5.41) is 9.20. The van der Waals surface area contributed by atoms with E-state index >= 15 is 0 Å². The van der Waals surface area contributed by atoms with Crippen molar-refractivity contribution < 1.29 is 9.53 Å². The normalized spacial score (nSPS) is 22.1. The van der Waals surface area contributed by atoms with Gasteiger partial charge in [-0.25, -0.2) is 0 Å². The van der Waals surface area contributed by atoms with Crippen LogP contribution in [-0.2, 0) is 9.53 Å². The molecule has 1 aliphatic carbocycles. The Morgan fingerprint density at radius 3 is 2.71 bits per heavy atom. The van der Waals surface area contributed by atoms with Crippen LogP contribution in [0.15, 0.2) is 4.99 Å². The van der Waals surface area contributed by atoms with Crippen LogP contribution in [0.1, 0.15) is 32.6 Å². The lowest BCUT2D eigenvalue weighted by Gasteiger charge is -2.28. The minimum Gasteiger partial charge on any atom is -0.383 e. The van der Waals surface area contributed by atoms with Gasteiger partial charge in [-0.1, -0.05) is 19.8 Å². The molecule has 1 fully saturated rings. The first-order valence-corrected chi connectivity index (χ1v) is 7.38. The van der Waals surface area contributed by atoms with Crippen LogP contribution in [0.3, 0.4) is 0 Å². The molecule has 0 bridgehead atoms. The van der Waals surface area contributed by atoms with Crippen LogP contribution in [-0.4, -0.2) is 51.8 Å². The fourth-order valence-electron chi connectivity index (χ4n) is 2.47. The van der Waals surface area contributed by atoms with Crippen LogP contribution in [0.4, 0.5) is 0 Å². The Morgan fingerprint density at radius 1 is 1.33 bits per heavy atom. The molecule has 3 N–H and O–H groups in total. The number of nitrogens with one attached hydrogen (secondary N) is 3. The van der Waals surface area contributed by atoms with Crippen molar-refractivity contribution in [3.05, 3.63) is 0 Å². The molecule has 0 aromatic rings. The molecule has 2 unspecified atom stereocenters. The number of amides is 1. The lowest BCUT2D eigenvalue weighted by molar-refractivity contribution is -0.120. The van der Waals surface area contributed by atoms with Gasteiger partial charge in [0.1, 0.15) is 0 Å². The second-order valence-electron chi connectivity index (χ2n) is 5.38. The molecule has 7 heteroatoms.